The molecule has 0 radical (unpaired) electrons. The largest absolute Gasteiger partial charge is 0.379 e. The fraction of sp³-hybridized carbons (Fsp3) is 0.611. The number of nitrogens with zero attached hydrogens (tertiary/aromatic N) is 1. The summed E-state index contributed by atoms with van der Waals surface area (Å²) >= 11 is 6.15. The average Bonchev–Trinajstić information content (AvgIpc) is 2.64. The highest BCUT2D eigenvalue weighted by Gasteiger charge is 2.30. The summed E-state index contributed by atoms with van der Waals surface area (Å²) < 4.78 is 32.3. The second kappa shape index (κ2) is 8.25. The van der Waals surface area contributed by atoms with Crippen molar-refractivity contribution in [2.45, 2.75) is 43.5 Å². The molecule has 1 aromatic rings. The van der Waals surface area contributed by atoms with E-state index in [9.17, 15) is 13.2 Å². The molecule has 0 unspecified atom stereocenters. The molecule has 2 aliphatic rings. The van der Waals surface area contributed by atoms with Crippen LogP contribution in [-0.4, -0.2) is 51.0 Å². The predicted octanol–water partition coefficient (Wildman–Crippen LogP) is 2.67. The van der Waals surface area contributed by atoms with Crippen molar-refractivity contribution >= 4 is 27.5 Å². The first-order chi connectivity index (χ1) is 12.4. The standard InChI is InChI=1S/C18H25ClN2O4S/c1-13-4-2-3-5-16(13)20-18(22)14-6-7-15(19)17(12-14)26(23,24)21-8-10-25-11-9-21/h6-7,12-13,16H,2-5,8-11H2,1H3,(H,20,22)/t13-,16+/m0/s1. The van der Waals surface area contributed by atoms with Crippen molar-refractivity contribution in [3.05, 3.63) is 28.8 Å². The van der Waals surface area contributed by atoms with Gasteiger partial charge in [-0.1, -0.05) is 31.4 Å². The summed E-state index contributed by atoms with van der Waals surface area (Å²) in [6, 6.07) is 4.57. The molecule has 1 saturated carbocycles. The van der Waals surface area contributed by atoms with Crippen molar-refractivity contribution in [1.29, 1.82) is 0 Å². The van der Waals surface area contributed by atoms with Crippen LogP contribution in [-0.2, 0) is 14.8 Å². The lowest BCUT2D eigenvalue weighted by Gasteiger charge is -2.29. The van der Waals surface area contributed by atoms with E-state index in [1.807, 2.05) is 0 Å². The number of morpholine rings is 1. The molecule has 1 amide bonds. The van der Waals surface area contributed by atoms with Gasteiger partial charge in [0.05, 0.1) is 18.2 Å². The summed E-state index contributed by atoms with van der Waals surface area (Å²) in [5, 5.41) is 3.18. The summed E-state index contributed by atoms with van der Waals surface area (Å²) in [4.78, 5) is 12.6. The summed E-state index contributed by atoms with van der Waals surface area (Å²) in [5.74, 6) is 0.176. The average molecular weight is 401 g/mol. The number of ether oxygens (including phenoxy) is 1. The van der Waals surface area contributed by atoms with Crippen LogP contribution in [0.1, 0.15) is 43.0 Å². The normalized spacial score (nSPS) is 25.0. The van der Waals surface area contributed by atoms with Gasteiger partial charge in [0.2, 0.25) is 10.0 Å². The Bertz CT molecular complexity index is 762. The molecule has 0 bridgehead atoms. The number of rotatable bonds is 4. The lowest BCUT2D eigenvalue weighted by molar-refractivity contribution is 0.0730. The Morgan fingerprint density at radius 2 is 1.92 bits per heavy atom. The van der Waals surface area contributed by atoms with Crippen LogP contribution in [0.5, 0.6) is 0 Å². The lowest BCUT2D eigenvalue weighted by Crippen LogP contribution is -2.41. The zero-order valence-corrected chi connectivity index (χ0v) is 16.5. The molecule has 144 valence electrons. The fourth-order valence-corrected chi connectivity index (χ4v) is 5.46. The number of sulfonamides is 1. The van der Waals surface area contributed by atoms with E-state index in [-0.39, 0.29) is 35.0 Å². The van der Waals surface area contributed by atoms with Gasteiger partial charge in [-0.05, 0) is 37.0 Å². The summed E-state index contributed by atoms with van der Waals surface area (Å²) in [6.45, 7) is 3.43. The SMILES string of the molecule is C[C@H]1CCCC[C@H]1NC(=O)c1ccc(Cl)c(S(=O)(=O)N2CCOCC2)c1. The van der Waals surface area contributed by atoms with E-state index in [0.717, 1.165) is 19.3 Å². The second-order valence-corrected chi connectivity index (χ2v) is 9.32. The third kappa shape index (κ3) is 4.22. The van der Waals surface area contributed by atoms with Gasteiger partial charge in [-0.3, -0.25) is 4.79 Å². The molecule has 0 spiro atoms. The maximum absolute atomic E-state index is 12.9. The number of nitrogens with one attached hydrogen (secondary N) is 1. The number of hydrogen-bond acceptors (Lipinski definition) is 4. The van der Waals surface area contributed by atoms with E-state index in [4.69, 9.17) is 16.3 Å². The van der Waals surface area contributed by atoms with Gasteiger partial charge in [-0.25, -0.2) is 8.42 Å². The number of halogens is 1. The van der Waals surface area contributed by atoms with Gasteiger partial charge in [0.15, 0.2) is 0 Å². The highest BCUT2D eigenvalue weighted by Crippen LogP contribution is 2.27. The Kier molecular flexibility index (Phi) is 6.22. The van der Waals surface area contributed by atoms with E-state index in [2.05, 4.69) is 12.2 Å². The Morgan fingerprint density at radius 1 is 1.23 bits per heavy atom. The van der Waals surface area contributed by atoms with Crippen LogP contribution in [0.25, 0.3) is 0 Å². The molecule has 26 heavy (non-hydrogen) atoms. The van der Waals surface area contributed by atoms with Gasteiger partial charge < -0.3 is 10.1 Å². The van der Waals surface area contributed by atoms with Crippen LogP contribution in [0.4, 0.5) is 0 Å². The minimum Gasteiger partial charge on any atom is -0.379 e. The van der Waals surface area contributed by atoms with Gasteiger partial charge in [-0.15, -0.1) is 0 Å². The molecule has 0 aromatic heterocycles. The zero-order valence-electron chi connectivity index (χ0n) is 14.9. The molecule has 1 aliphatic carbocycles. The molecule has 1 N–H and O–H groups in total. The summed E-state index contributed by atoms with van der Waals surface area (Å²) in [5.41, 5.74) is 0.319. The van der Waals surface area contributed by atoms with Crippen LogP contribution >= 0.6 is 11.6 Å². The maximum atomic E-state index is 12.9. The van der Waals surface area contributed by atoms with Crippen molar-refractivity contribution in [2.75, 3.05) is 26.3 Å². The second-order valence-electron chi connectivity index (χ2n) is 7.00. The van der Waals surface area contributed by atoms with Crippen LogP contribution in [0.2, 0.25) is 5.02 Å². The van der Waals surface area contributed by atoms with Gasteiger partial charge in [0.1, 0.15) is 4.90 Å². The quantitative estimate of drug-likeness (QED) is 0.843. The van der Waals surface area contributed by atoms with Crippen LogP contribution in [0.15, 0.2) is 23.1 Å². The van der Waals surface area contributed by atoms with E-state index in [1.165, 1.54) is 22.9 Å². The van der Waals surface area contributed by atoms with Crippen molar-refractivity contribution in [2.24, 2.45) is 5.92 Å². The molecule has 3 rings (SSSR count). The van der Waals surface area contributed by atoms with Gasteiger partial charge in [0.25, 0.3) is 5.91 Å². The highest BCUT2D eigenvalue weighted by molar-refractivity contribution is 7.89. The highest BCUT2D eigenvalue weighted by atomic mass is 35.5. The minimum atomic E-state index is -3.75. The Hall–Kier alpha value is -1.15. The molecule has 1 aliphatic heterocycles. The Labute approximate surface area is 159 Å². The number of hydrogen-bond donors (Lipinski definition) is 1. The van der Waals surface area contributed by atoms with E-state index >= 15 is 0 Å². The molecule has 2 fully saturated rings. The third-order valence-electron chi connectivity index (χ3n) is 5.21. The van der Waals surface area contributed by atoms with Crippen molar-refractivity contribution in [3.8, 4) is 0 Å². The molecule has 6 nitrogen and oxygen atoms in total. The van der Waals surface area contributed by atoms with Gasteiger partial charge >= 0.3 is 0 Å². The minimum absolute atomic E-state index is 0.0228. The zero-order chi connectivity index (χ0) is 18.7. The first-order valence-corrected chi connectivity index (χ1v) is 10.9. The first-order valence-electron chi connectivity index (χ1n) is 9.08. The smallest absolute Gasteiger partial charge is 0.251 e. The third-order valence-corrected chi connectivity index (χ3v) is 7.59. The Morgan fingerprint density at radius 3 is 2.62 bits per heavy atom. The predicted molar refractivity (Wildman–Crippen MR) is 99.9 cm³/mol. The molecule has 1 aromatic carbocycles. The van der Waals surface area contributed by atoms with Gasteiger partial charge in [0, 0.05) is 24.7 Å². The summed E-state index contributed by atoms with van der Waals surface area (Å²) in [7, 11) is -3.75. The number of benzene rings is 1. The van der Waals surface area contributed by atoms with Crippen molar-refractivity contribution in [3.63, 3.8) is 0 Å². The molecule has 2 atom stereocenters. The molecule has 8 heteroatoms. The van der Waals surface area contributed by atoms with Crippen molar-refractivity contribution < 1.29 is 17.9 Å². The summed E-state index contributed by atoms with van der Waals surface area (Å²) in [6.07, 6.45) is 4.35. The molecule has 1 heterocycles. The maximum Gasteiger partial charge on any atom is 0.251 e. The monoisotopic (exact) mass is 400 g/mol. The molecule has 1 saturated heterocycles. The van der Waals surface area contributed by atoms with Crippen LogP contribution < -0.4 is 5.32 Å². The van der Waals surface area contributed by atoms with E-state index in [0.29, 0.717) is 24.7 Å². The number of amides is 1. The topological polar surface area (TPSA) is 75.7 Å². The lowest BCUT2D eigenvalue weighted by atomic mass is 9.86. The first kappa shape index (κ1) is 19.6. The van der Waals surface area contributed by atoms with E-state index < -0.39 is 10.0 Å². The van der Waals surface area contributed by atoms with Crippen molar-refractivity contribution in [1.82, 2.24) is 9.62 Å². The van der Waals surface area contributed by atoms with E-state index in [1.54, 1.807) is 6.07 Å². The van der Waals surface area contributed by atoms with Gasteiger partial charge in [-0.2, -0.15) is 4.31 Å². The van der Waals surface area contributed by atoms with Crippen LogP contribution in [0.3, 0.4) is 0 Å². The number of carbonyl (C=O) groups excluding carboxylic acids is 1. The molecular weight excluding hydrogens is 376 g/mol. The fourth-order valence-electron chi connectivity index (χ4n) is 3.55. The number of carbonyl (C=O) groups is 1. The van der Waals surface area contributed by atoms with Crippen LogP contribution in [0, 0.1) is 5.92 Å². The Balaban J connectivity index is 1.81. The molecular formula is C18H25ClN2O4S.